The Balaban J connectivity index is 0.000000174. The first-order chi connectivity index (χ1) is 11.0. The van der Waals surface area contributed by atoms with Crippen LogP contribution in [0.4, 0.5) is 5.95 Å². The fourth-order valence-corrected chi connectivity index (χ4v) is 2.30. The predicted molar refractivity (Wildman–Crippen MR) is 88.6 cm³/mol. The molecule has 7 nitrogen and oxygen atoms in total. The number of aromatic nitrogens is 2. The van der Waals surface area contributed by atoms with Crippen molar-refractivity contribution in [1.82, 2.24) is 9.97 Å². The third kappa shape index (κ3) is 4.90. The van der Waals surface area contributed by atoms with Crippen molar-refractivity contribution in [2.75, 3.05) is 11.4 Å². The summed E-state index contributed by atoms with van der Waals surface area (Å²) in [5.74, 6) is 1.31. The zero-order valence-electron chi connectivity index (χ0n) is 12.3. The van der Waals surface area contributed by atoms with E-state index in [-0.39, 0.29) is 4.90 Å². The number of nitrogens with zero attached hydrogens (tertiary/aromatic N) is 3. The maximum absolute atomic E-state index is 10.6. The van der Waals surface area contributed by atoms with Gasteiger partial charge in [-0.15, -0.1) is 0 Å². The highest BCUT2D eigenvalue weighted by Gasteiger charge is 2.11. The molecule has 1 aromatic heterocycles. The molecule has 0 aliphatic carbocycles. The molecule has 1 aliphatic rings. The van der Waals surface area contributed by atoms with E-state index in [0.717, 1.165) is 6.54 Å². The SMILES string of the molecule is NC1=CC=CCN1c1ncccn1.NS(=O)(=O)c1ccccc1. The minimum Gasteiger partial charge on any atom is -0.385 e. The molecular weight excluding hydrogens is 314 g/mol. The fourth-order valence-electron chi connectivity index (χ4n) is 1.77. The van der Waals surface area contributed by atoms with Crippen molar-refractivity contribution < 1.29 is 8.42 Å². The van der Waals surface area contributed by atoms with Crippen molar-refractivity contribution in [3.05, 3.63) is 72.8 Å². The van der Waals surface area contributed by atoms with E-state index in [1.54, 1.807) is 36.7 Å². The molecule has 0 saturated heterocycles. The predicted octanol–water partition coefficient (Wildman–Crippen LogP) is 0.987. The number of hydrogen-bond donors (Lipinski definition) is 2. The molecule has 3 rings (SSSR count). The second-order valence-electron chi connectivity index (χ2n) is 4.54. The van der Waals surface area contributed by atoms with Crippen molar-refractivity contribution in [2.45, 2.75) is 4.90 Å². The first-order valence-electron chi connectivity index (χ1n) is 6.73. The molecule has 1 aliphatic heterocycles. The van der Waals surface area contributed by atoms with E-state index in [0.29, 0.717) is 11.8 Å². The van der Waals surface area contributed by atoms with Gasteiger partial charge in [0.05, 0.1) is 4.90 Å². The molecule has 23 heavy (non-hydrogen) atoms. The van der Waals surface area contributed by atoms with Gasteiger partial charge >= 0.3 is 0 Å². The topological polar surface area (TPSA) is 115 Å². The molecule has 0 saturated carbocycles. The van der Waals surface area contributed by atoms with Crippen LogP contribution in [0.1, 0.15) is 0 Å². The number of sulfonamides is 1. The van der Waals surface area contributed by atoms with E-state index in [2.05, 4.69) is 9.97 Å². The maximum atomic E-state index is 10.6. The monoisotopic (exact) mass is 331 g/mol. The van der Waals surface area contributed by atoms with Gasteiger partial charge in [0.2, 0.25) is 16.0 Å². The smallest absolute Gasteiger partial charge is 0.238 e. The standard InChI is InChI=1S/C9H10N4.C6H7NO2S/c10-8-4-1-2-7-13(8)9-11-5-3-6-12-9;7-10(8,9)6-4-2-1-3-5-6/h1-6H,7,10H2;1-5H,(H2,7,8,9). The minimum atomic E-state index is -3.50. The van der Waals surface area contributed by atoms with Crippen LogP contribution in [0.15, 0.2) is 77.7 Å². The third-order valence-electron chi connectivity index (χ3n) is 2.87. The van der Waals surface area contributed by atoms with E-state index in [4.69, 9.17) is 10.9 Å². The highest BCUT2D eigenvalue weighted by molar-refractivity contribution is 7.89. The number of allylic oxidation sites excluding steroid dienone is 2. The van der Waals surface area contributed by atoms with Gasteiger partial charge in [-0.05, 0) is 24.3 Å². The molecule has 0 spiro atoms. The first-order valence-corrected chi connectivity index (χ1v) is 8.28. The van der Waals surface area contributed by atoms with Gasteiger partial charge in [0.25, 0.3) is 0 Å². The van der Waals surface area contributed by atoms with Crippen LogP contribution in [0.2, 0.25) is 0 Å². The summed E-state index contributed by atoms with van der Waals surface area (Å²) in [4.78, 5) is 10.2. The van der Waals surface area contributed by atoms with Crippen molar-refractivity contribution in [3.63, 3.8) is 0 Å². The number of anilines is 1. The van der Waals surface area contributed by atoms with E-state index >= 15 is 0 Å². The molecule has 0 amide bonds. The summed E-state index contributed by atoms with van der Waals surface area (Å²) in [7, 11) is -3.50. The lowest BCUT2D eigenvalue weighted by molar-refractivity contribution is 0.598. The fraction of sp³-hybridized carbons (Fsp3) is 0.0667. The van der Waals surface area contributed by atoms with Crippen LogP contribution in [-0.2, 0) is 10.0 Å². The molecular formula is C15H17N5O2S. The van der Waals surface area contributed by atoms with Crippen molar-refractivity contribution in [1.29, 1.82) is 0 Å². The summed E-state index contributed by atoms with van der Waals surface area (Å²) >= 11 is 0. The van der Waals surface area contributed by atoms with Crippen molar-refractivity contribution in [2.24, 2.45) is 10.9 Å². The Morgan fingerprint density at radius 1 is 1.04 bits per heavy atom. The van der Waals surface area contributed by atoms with Gasteiger partial charge in [-0.3, -0.25) is 4.90 Å². The number of benzene rings is 1. The summed E-state index contributed by atoms with van der Waals surface area (Å²) in [6.07, 6.45) is 9.17. The molecule has 0 radical (unpaired) electrons. The summed E-state index contributed by atoms with van der Waals surface area (Å²) in [6.45, 7) is 0.729. The van der Waals surface area contributed by atoms with Crippen LogP contribution in [0.25, 0.3) is 0 Å². The number of primary sulfonamides is 1. The van der Waals surface area contributed by atoms with E-state index < -0.39 is 10.0 Å². The Morgan fingerprint density at radius 3 is 2.22 bits per heavy atom. The second-order valence-corrected chi connectivity index (χ2v) is 6.10. The molecule has 0 bridgehead atoms. The molecule has 1 aromatic carbocycles. The minimum absolute atomic E-state index is 0.148. The van der Waals surface area contributed by atoms with Gasteiger partial charge in [-0.1, -0.05) is 30.4 Å². The van der Waals surface area contributed by atoms with Crippen LogP contribution >= 0.6 is 0 Å². The molecule has 120 valence electrons. The molecule has 2 heterocycles. The lowest BCUT2D eigenvalue weighted by atomic mass is 10.3. The van der Waals surface area contributed by atoms with Gasteiger partial charge in [0.15, 0.2) is 0 Å². The normalized spacial score (nSPS) is 13.8. The number of nitrogens with two attached hydrogens (primary N) is 2. The first kappa shape index (κ1) is 16.7. The second kappa shape index (κ2) is 7.52. The summed E-state index contributed by atoms with van der Waals surface area (Å²) in [6, 6.07) is 9.67. The van der Waals surface area contributed by atoms with Crippen LogP contribution < -0.4 is 15.8 Å². The Kier molecular flexibility index (Phi) is 5.45. The highest BCUT2D eigenvalue weighted by atomic mass is 32.2. The van der Waals surface area contributed by atoms with Gasteiger partial charge < -0.3 is 5.73 Å². The number of rotatable bonds is 2. The van der Waals surface area contributed by atoms with Gasteiger partial charge in [-0.2, -0.15) is 0 Å². The lowest BCUT2D eigenvalue weighted by Crippen LogP contribution is -2.30. The van der Waals surface area contributed by atoms with Crippen LogP contribution in [0.3, 0.4) is 0 Å². The van der Waals surface area contributed by atoms with Gasteiger partial charge in [0.1, 0.15) is 5.82 Å². The number of hydrogen-bond acceptors (Lipinski definition) is 6. The zero-order valence-corrected chi connectivity index (χ0v) is 13.1. The third-order valence-corrected chi connectivity index (χ3v) is 3.80. The molecule has 0 fully saturated rings. The highest BCUT2D eigenvalue weighted by Crippen LogP contribution is 2.12. The molecule has 8 heteroatoms. The average Bonchev–Trinajstić information content (AvgIpc) is 2.57. The molecule has 0 atom stereocenters. The Hall–Kier alpha value is -2.71. The van der Waals surface area contributed by atoms with Crippen LogP contribution in [0, 0.1) is 0 Å². The summed E-state index contributed by atoms with van der Waals surface area (Å²) in [5.41, 5.74) is 5.77. The van der Waals surface area contributed by atoms with Crippen molar-refractivity contribution in [3.8, 4) is 0 Å². The van der Waals surface area contributed by atoms with Crippen LogP contribution in [-0.4, -0.2) is 24.9 Å². The maximum Gasteiger partial charge on any atom is 0.238 e. The average molecular weight is 331 g/mol. The zero-order chi connectivity index (χ0) is 16.7. The molecule has 2 aromatic rings. The lowest BCUT2D eigenvalue weighted by Gasteiger charge is -2.22. The van der Waals surface area contributed by atoms with E-state index in [9.17, 15) is 8.42 Å². The Morgan fingerprint density at radius 2 is 1.70 bits per heavy atom. The molecule has 0 unspecified atom stereocenters. The summed E-state index contributed by atoms with van der Waals surface area (Å²) in [5, 5.41) is 4.83. The van der Waals surface area contributed by atoms with Gasteiger partial charge in [-0.25, -0.2) is 23.5 Å². The summed E-state index contributed by atoms with van der Waals surface area (Å²) < 4.78 is 21.2. The molecule has 4 N–H and O–H groups in total. The van der Waals surface area contributed by atoms with E-state index in [1.807, 2.05) is 23.1 Å². The van der Waals surface area contributed by atoms with Crippen LogP contribution in [0.5, 0.6) is 0 Å². The van der Waals surface area contributed by atoms with E-state index in [1.165, 1.54) is 12.1 Å². The Bertz CT molecular complexity index is 789. The quantitative estimate of drug-likeness (QED) is 0.848. The van der Waals surface area contributed by atoms with Crippen molar-refractivity contribution >= 4 is 16.0 Å². The van der Waals surface area contributed by atoms with Gasteiger partial charge in [0, 0.05) is 18.9 Å². The Labute approximate surface area is 135 Å². The largest absolute Gasteiger partial charge is 0.385 e.